The highest BCUT2D eigenvalue weighted by molar-refractivity contribution is 5.92. The Balaban J connectivity index is 1.80. The first-order valence-electron chi connectivity index (χ1n) is 10.0. The van der Waals surface area contributed by atoms with E-state index in [-0.39, 0.29) is 30.4 Å². The fourth-order valence-electron chi connectivity index (χ4n) is 2.97. The molecule has 1 unspecified atom stereocenters. The second kappa shape index (κ2) is 10.6. The first-order valence-corrected chi connectivity index (χ1v) is 10.0. The standard InChI is InChI=1S/C22H31N3O4/c1-15(2)16(3)24-22(28)18-10-12-25(13-11-18)21(27)9-6-17-4-7-19(8-5-17)29-14-20(23)26/h4-9,15-16,18H,10-14H2,1-3H3,(H2,23,26)(H,24,28)/b9-6+. The van der Waals surface area contributed by atoms with Gasteiger partial charge in [-0.1, -0.05) is 26.0 Å². The molecule has 3 amide bonds. The number of hydrogen-bond acceptors (Lipinski definition) is 4. The van der Waals surface area contributed by atoms with Crippen molar-refractivity contribution < 1.29 is 19.1 Å². The van der Waals surface area contributed by atoms with Crippen molar-refractivity contribution in [2.45, 2.75) is 39.7 Å². The molecule has 0 aromatic heterocycles. The Labute approximate surface area is 172 Å². The van der Waals surface area contributed by atoms with Crippen LogP contribution < -0.4 is 15.8 Å². The highest BCUT2D eigenvalue weighted by Gasteiger charge is 2.27. The zero-order valence-electron chi connectivity index (χ0n) is 17.4. The number of nitrogens with zero attached hydrogens (tertiary/aromatic N) is 1. The highest BCUT2D eigenvalue weighted by Crippen LogP contribution is 2.19. The quantitative estimate of drug-likeness (QED) is 0.650. The third kappa shape index (κ3) is 7.25. The lowest BCUT2D eigenvalue weighted by Gasteiger charge is -2.31. The van der Waals surface area contributed by atoms with E-state index in [1.165, 1.54) is 0 Å². The molecule has 7 nitrogen and oxygen atoms in total. The predicted molar refractivity (Wildman–Crippen MR) is 112 cm³/mol. The summed E-state index contributed by atoms with van der Waals surface area (Å²) in [5.41, 5.74) is 5.89. The zero-order valence-corrected chi connectivity index (χ0v) is 17.4. The predicted octanol–water partition coefficient (Wildman–Crippen LogP) is 1.96. The van der Waals surface area contributed by atoms with Crippen molar-refractivity contribution in [3.05, 3.63) is 35.9 Å². The molecule has 1 atom stereocenters. The lowest BCUT2D eigenvalue weighted by molar-refractivity contribution is -0.132. The van der Waals surface area contributed by atoms with Gasteiger partial charge in [0, 0.05) is 31.1 Å². The summed E-state index contributed by atoms with van der Waals surface area (Å²) in [5.74, 6) is 0.405. The lowest BCUT2D eigenvalue weighted by atomic mass is 9.94. The Morgan fingerprint density at radius 3 is 2.34 bits per heavy atom. The van der Waals surface area contributed by atoms with Gasteiger partial charge in [-0.15, -0.1) is 0 Å². The summed E-state index contributed by atoms with van der Waals surface area (Å²) in [7, 11) is 0. The molecule has 1 aromatic carbocycles. The third-order valence-corrected chi connectivity index (χ3v) is 5.23. The molecule has 1 aromatic rings. The molecule has 29 heavy (non-hydrogen) atoms. The molecule has 7 heteroatoms. The van der Waals surface area contributed by atoms with Crippen molar-refractivity contribution in [3.63, 3.8) is 0 Å². The number of carbonyl (C=O) groups excluding carboxylic acids is 3. The average Bonchev–Trinajstić information content (AvgIpc) is 2.71. The van der Waals surface area contributed by atoms with Crippen LogP contribution in [0.1, 0.15) is 39.2 Å². The van der Waals surface area contributed by atoms with Crippen molar-refractivity contribution >= 4 is 23.8 Å². The summed E-state index contributed by atoms with van der Waals surface area (Å²) in [6.45, 7) is 7.18. The summed E-state index contributed by atoms with van der Waals surface area (Å²) in [4.78, 5) is 37.3. The van der Waals surface area contributed by atoms with E-state index in [1.54, 1.807) is 41.3 Å². The number of amides is 3. The second-order valence-corrected chi connectivity index (χ2v) is 7.80. The van der Waals surface area contributed by atoms with Crippen LogP contribution in [0.25, 0.3) is 6.08 Å². The van der Waals surface area contributed by atoms with Crippen LogP contribution in [0.2, 0.25) is 0 Å². The molecule has 0 radical (unpaired) electrons. The first-order chi connectivity index (χ1) is 13.8. The van der Waals surface area contributed by atoms with Crippen LogP contribution in [0.15, 0.2) is 30.3 Å². The number of nitrogens with two attached hydrogens (primary N) is 1. The van der Waals surface area contributed by atoms with Crippen molar-refractivity contribution in [2.75, 3.05) is 19.7 Å². The first kappa shape index (κ1) is 22.5. The van der Waals surface area contributed by atoms with Crippen LogP contribution in [0, 0.1) is 11.8 Å². The molecular weight excluding hydrogens is 370 g/mol. The van der Waals surface area contributed by atoms with Crippen LogP contribution in [0.4, 0.5) is 0 Å². The van der Waals surface area contributed by atoms with E-state index in [2.05, 4.69) is 19.2 Å². The second-order valence-electron chi connectivity index (χ2n) is 7.80. The van der Waals surface area contributed by atoms with Gasteiger partial charge in [0.2, 0.25) is 11.8 Å². The van der Waals surface area contributed by atoms with E-state index in [0.29, 0.717) is 37.6 Å². The Morgan fingerprint density at radius 2 is 1.79 bits per heavy atom. The Kier molecular flexibility index (Phi) is 8.24. The Bertz CT molecular complexity index is 735. The average molecular weight is 402 g/mol. The SMILES string of the molecule is CC(C)C(C)NC(=O)C1CCN(C(=O)/C=C/c2ccc(OCC(N)=O)cc2)CC1. The van der Waals surface area contributed by atoms with E-state index in [0.717, 1.165) is 5.56 Å². The summed E-state index contributed by atoms with van der Waals surface area (Å²) < 4.78 is 5.20. The van der Waals surface area contributed by atoms with E-state index < -0.39 is 5.91 Å². The van der Waals surface area contributed by atoms with Crippen molar-refractivity contribution in [3.8, 4) is 5.75 Å². The molecule has 0 saturated carbocycles. The third-order valence-electron chi connectivity index (χ3n) is 5.23. The van der Waals surface area contributed by atoms with E-state index in [9.17, 15) is 14.4 Å². The Hall–Kier alpha value is -2.83. The van der Waals surface area contributed by atoms with E-state index in [4.69, 9.17) is 10.5 Å². The molecule has 1 saturated heterocycles. The molecule has 1 aliphatic rings. The van der Waals surface area contributed by atoms with Crippen LogP contribution in [0.3, 0.4) is 0 Å². The molecule has 0 bridgehead atoms. The summed E-state index contributed by atoms with van der Waals surface area (Å²) in [6.07, 6.45) is 4.65. The fraction of sp³-hybridized carbons (Fsp3) is 0.500. The molecular formula is C22H31N3O4. The van der Waals surface area contributed by atoms with Crippen LogP contribution in [-0.4, -0.2) is 48.4 Å². The number of primary amides is 1. The summed E-state index contributed by atoms with van der Waals surface area (Å²) in [6, 6.07) is 7.18. The molecule has 0 aliphatic carbocycles. The lowest BCUT2D eigenvalue weighted by Crippen LogP contribution is -2.45. The number of ether oxygens (including phenoxy) is 1. The number of benzene rings is 1. The van der Waals surface area contributed by atoms with Gasteiger partial charge in [0.25, 0.3) is 5.91 Å². The van der Waals surface area contributed by atoms with Gasteiger partial charge in [-0.3, -0.25) is 14.4 Å². The van der Waals surface area contributed by atoms with E-state index in [1.807, 2.05) is 6.92 Å². The topological polar surface area (TPSA) is 102 Å². The largest absolute Gasteiger partial charge is 0.484 e. The zero-order chi connectivity index (χ0) is 21.4. The molecule has 1 aliphatic heterocycles. The fourth-order valence-corrected chi connectivity index (χ4v) is 2.97. The molecule has 1 heterocycles. The number of piperidine rings is 1. The smallest absolute Gasteiger partial charge is 0.255 e. The van der Waals surface area contributed by atoms with Crippen molar-refractivity contribution in [1.82, 2.24) is 10.2 Å². The Morgan fingerprint density at radius 1 is 1.17 bits per heavy atom. The molecule has 0 spiro atoms. The maximum absolute atomic E-state index is 12.4. The van der Waals surface area contributed by atoms with E-state index >= 15 is 0 Å². The van der Waals surface area contributed by atoms with Gasteiger partial charge in [0.05, 0.1) is 0 Å². The van der Waals surface area contributed by atoms with Gasteiger partial charge in [-0.2, -0.15) is 0 Å². The van der Waals surface area contributed by atoms with Gasteiger partial charge < -0.3 is 20.7 Å². The maximum Gasteiger partial charge on any atom is 0.255 e. The monoisotopic (exact) mass is 401 g/mol. The number of hydrogen-bond donors (Lipinski definition) is 2. The minimum Gasteiger partial charge on any atom is -0.484 e. The van der Waals surface area contributed by atoms with Crippen molar-refractivity contribution in [1.29, 1.82) is 0 Å². The van der Waals surface area contributed by atoms with Crippen LogP contribution in [0.5, 0.6) is 5.75 Å². The number of likely N-dealkylation sites (tertiary alicyclic amines) is 1. The van der Waals surface area contributed by atoms with Crippen molar-refractivity contribution in [2.24, 2.45) is 17.6 Å². The minimum absolute atomic E-state index is 0.0304. The minimum atomic E-state index is -0.532. The highest BCUT2D eigenvalue weighted by atomic mass is 16.5. The number of nitrogens with one attached hydrogen (secondary N) is 1. The van der Waals surface area contributed by atoms with Gasteiger partial charge >= 0.3 is 0 Å². The molecule has 3 N–H and O–H groups in total. The molecule has 158 valence electrons. The summed E-state index contributed by atoms with van der Waals surface area (Å²) >= 11 is 0. The molecule has 1 fully saturated rings. The van der Waals surface area contributed by atoms with Crippen LogP contribution >= 0.6 is 0 Å². The maximum atomic E-state index is 12.4. The van der Waals surface area contributed by atoms with Gasteiger partial charge in [-0.05, 0) is 49.5 Å². The van der Waals surface area contributed by atoms with Gasteiger partial charge in [0.1, 0.15) is 5.75 Å². The van der Waals surface area contributed by atoms with Gasteiger partial charge in [0.15, 0.2) is 6.61 Å². The molecule has 2 rings (SSSR count). The number of carbonyl (C=O) groups is 3. The van der Waals surface area contributed by atoms with Crippen LogP contribution in [-0.2, 0) is 14.4 Å². The van der Waals surface area contributed by atoms with Gasteiger partial charge in [-0.25, -0.2) is 0 Å². The number of rotatable bonds is 8. The summed E-state index contributed by atoms with van der Waals surface area (Å²) in [5, 5.41) is 3.07. The normalized spacial score (nSPS) is 16.1.